The Balaban J connectivity index is 1.38. The van der Waals surface area contributed by atoms with Gasteiger partial charge in [0, 0.05) is 25.5 Å². The number of pyridine rings is 2. The van der Waals surface area contributed by atoms with Gasteiger partial charge in [-0.2, -0.15) is 13.2 Å². The summed E-state index contributed by atoms with van der Waals surface area (Å²) in [6, 6.07) is 7.60. The molecular weight excluding hydrogens is 361 g/mol. The van der Waals surface area contributed by atoms with Crippen LogP contribution in [0.5, 0.6) is 0 Å². The number of aromatic nitrogens is 2. The summed E-state index contributed by atoms with van der Waals surface area (Å²) >= 11 is 0. The lowest BCUT2D eigenvalue weighted by Crippen LogP contribution is -2.31. The zero-order valence-corrected chi connectivity index (χ0v) is 14.4. The molecule has 0 spiro atoms. The fourth-order valence-electron chi connectivity index (χ4n) is 3.29. The molecule has 2 aromatic rings. The van der Waals surface area contributed by atoms with Gasteiger partial charge in [-0.05, 0) is 24.3 Å². The highest BCUT2D eigenvalue weighted by Crippen LogP contribution is 2.32. The van der Waals surface area contributed by atoms with E-state index in [-0.39, 0.29) is 24.1 Å². The van der Waals surface area contributed by atoms with Crippen molar-refractivity contribution in [2.75, 3.05) is 36.5 Å². The Bertz CT molecular complexity index is 759. The van der Waals surface area contributed by atoms with Crippen LogP contribution in [0.2, 0.25) is 0 Å². The average molecular weight is 380 g/mol. The minimum atomic E-state index is -4.39. The van der Waals surface area contributed by atoms with Crippen LogP contribution in [-0.4, -0.2) is 54.5 Å². The summed E-state index contributed by atoms with van der Waals surface area (Å²) in [5.74, 6) is 1.03. The van der Waals surface area contributed by atoms with Crippen molar-refractivity contribution in [2.24, 2.45) is 0 Å². The summed E-state index contributed by atoms with van der Waals surface area (Å²) in [6.07, 6.45) is -1.93. The van der Waals surface area contributed by atoms with Gasteiger partial charge in [0.15, 0.2) is 0 Å². The number of halogens is 3. The van der Waals surface area contributed by atoms with Gasteiger partial charge >= 0.3 is 6.18 Å². The standard InChI is InChI=1S/C18H19F3N4O2/c19-18(20,21)12-4-6-23-17(7-12)25-8-14-15(9-25)27-11-13(10-26-14)24-16-3-1-2-5-22-16/h1-7,13-15H,8-11H2,(H,22,24)/t14-,15-/m0/s1. The third-order valence-electron chi connectivity index (χ3n) is 4.65. The van der Waals surface area contributed by atoms with Crippen molar-refractivity contribution >= 4 is 11.6 Å². The van der Waals surface area contributed by atoms with E-state index in [0.29, 0.717) is 26.3 Å². The van der Waals surface area contributed by atoms with Crippen LogP contribution in [0.4, 0.5) is 24.8 Å². The molecule has 2 aromatic heterocycles. The highest BCUT2D eigenvalue weighted by atomic mass is 19.4. The lowest BCUT2D eigenvalue weighted by molar-refractivity contribution is -0.137. The average Bonchev–Trinajstić information content (AvgIpc) is 2.99. The van der Waals surface area contributed by atoms with Crippen LogP contribution in [0.25, 0.3) is 0 Å². The molecule has 0 amide bonds. The predicted molar refractivity (Wildman–Crippen MR) is 92.6 cm³/mol. The molecule has 0 bridgehead atoms. The van der Waals surface area contributed by atoms with E-state index >= 15 is 0 Å². The number of hydrogen-bond donors (Lipinski definition) is 1. The maximum atomic E-state index is 12.9. The second-order valence-electron chi connectivity index (χ2n) is 6.61. The molecular formula is C18H19F3N4O2. The van der Waals surface area contributed by atoms with Crippen LogP contribution in [0, 0.1) is 0 Å². The van der Waals surface area contributed by atoms with Gasteiger partial charge in [-0.25, -0.2) is 9.97 Å². The SMILES string of the molecule is FC(F)(F)c1ccnc(N2C[C@@H]3OCC(Nc4ccccn4)CO[C@H]3C2)c1. The number of hydrogen-bond acceptors (Lipinski definition) is 6. The second-order valence-corrected chi connectivity index (χ2v) is 6.61. The summed E-state index contributed by atoms with van der Waals surface area (Å²) in [5, 5.41) is 3.27. The van der Waals surface area contributed by atoms with Crippen molar-refractivity contribution in [3.05, 3.63) is 48.3 Å². The molecule has 0 aliphatic carbocycles. The summed E-state index contributed by atoms with van der Waals surface area (Å²) < 4.78 is 50.7. The number of anilines is 2. The number of nitrogens with one attached hydrogen (secondary N) is 1. The molecule has 144 valence electrons. The van der Waals surface area contributed by atoms with Crippen molar-refractivity contribution in [3.63, 3.8) is 0 Å². The summed E-state index contributed by atoms with van der Waals surface area (Å²) in [4.78, 5) is 10.1. The van der Waals surface area contributed by atoms with E-state index in [1.807, 2.05) is 18.2 Å². The number of fused-ring (bicyclic) bond motifs is 1. The normalized spacial score (nSPS) is 23.7. The van der Waals surface area contributed by atoms with E-state index in [9.17, 15) is 13.2 Å². The highest BCUT2D eigenvalue weighted by molar-refractivity contribution is 5.44. The number of rotatable bonds is 3. The van der Waals surface area contributed by atoms with Crippen molar-refractivity contribution in [3.8, 4) is 0 Å². The first-order valence-electron chi connectivity index (χ1n) is 8.68. The smallest absolute Gasteiger partial charge is 0.371 e. The quantitative estimate of drug-likeness (QED) is 0.883. The summed E-state index contributed by atoms with van der Waals surface area (Å²) in [5.41, 5.74) is -0.707. The van der Waals surface area contributed by atoms with Crippen molar-refractivity contribution in [1.82, 2.24) is 9.97 Å². The predicted octanol–water partition coefficient (Wildman–Crippen LogP) is 2.58. The van der Waals surface area contributed by atoms with Gasteiger partial charge in [-0.1, -0.05) is 6.07 Å². The fourth-order valence-corrected chi connectivity index (χ4v) is 3.29. The molecule has 1 N–H and O–H groups in total. The second kappa shape index (κ2) is 7.32. The minimum Gasteiger partial charge on any atom is -0.371 e. The van der Waals surface area contributed by atoms with E-state index in [2.05, 4.69) is 15.3 Å². The van der Waals surface area contributed by atoms with Crippen LogP contribution in [-0.2, 0) is 15.7 Å². The van der Waals surface area contributed by atoms with E-state index in [1.54, 1.807) is 11.1 Å². The van der Waals surface area contributed by atoms with Crippen molar-refractivity contribution < 1.29 is 22.6 Å². The first-order valence-corrected chi connectivity index (χ1v) is 8.68. The first kappa shape index (κ1) is 18.0. The third-order valence-corrected chi connectivity index (χ3v) is 4.65. The molecule has 9 heteroatoms. The molecule has 2 saturated heterocycles. The van der Waals surface area contributed by atoms with E-state index in [1.165, 1.54) is 6.20 Å². The highest BCUT2D eigenvalue weighted by Gasteiger charge is 2.39. The molecule has 2 aliphatic heterocycles. The van der Waals surface area contributed by atoms with Crippen LogP contribution in [0.1, 0.15) is 5.56 Å². The Hall–Kier alpha value is -2.39. The first-order chi connectivity index (χ1) is 13.0. The van der Waals surface area contributed by atoms with Crippen LogP contribution < -0.4 is 10.2 Å². The van der Waals surface area contributed by atoms with Gasteiger partial charge in [-0.15, -0.1) is 0 Å². The molecule has 0 radical (unpaired) electrons. The molecule has 2 atom stereocenters. The number of nitrogens with zero attached hydrogens (tertiary/aromatic N) is 3. The van der Waals surface area contributed by atoms with Gasteiger partial charge in [0.2, 0.25) is 0 Å². The zero-order valence-electron chi connectivity index (χ0n) is 14.4. The van der Waals surface area contributed by atoms with E-state index < -0.39 is 11.7 Å². The number of alkyl halides is 3. The van der Waals surface area contributed by atoms with Gasteiger partial charge in [0.25, 0.3) is 0 Å². The summed E-state index contributed by atoms with van der Waals surface area (Å²) in [7, 11) is 0. The monoisotopic (exact) mass is 380 g/mol. The van der Waals surface area contributed by atoms with Crippen LogP contribution >= 0.6 is 0 Å². The Kier molecular flexibility index (Phi) is 4.88. The molecule has 2 aliphatic rings. The van der Waals surface area contributed by atoms with E-state index in [0.717, 1.165) is 18.0 Å². The molecule has 0 aromatic carbocycles. The summed E-state index contributed by atoms with van der Waals surface area (Å²) in [6.45, 7) is 1.74. The lowest BCUT2D eigenvalue weighted by atomic mass is 10.2. The Morgan fingerprint density at radius 1 is 1.00 bits per heavy atom. The zero-order chi connectivity index (χ0) is 18.9. The maximum absolute atomic E-state index is 12.9. The Morgan fingerprint density at radius 3 is 2.37 bits per heavy atom. The van der Waals surface area contributed by atoms with Gasteiger partial charge in [0.1, 0.15) is 23.8 Å². The van der Waals surface area contributed by atoms with Gasteiger partial charge in [-0.3, -0.25) is 0 Å². The largest absolute Gasteiger partial charge is 0.416 e. The minimum absolute atomic E-state index is 0.0365. The van der Waals surface area contributed by atoms with Crippen LogP contribution in [0.15, 0.2) is 42.7 Å². The molecule has 6 nitrogen and oxygen atoms in total. The lowest BCUT2D eigenvalue weighted by Gasteiger charge is -2.21. The molecule has 2 fully saturated rings. The third kappa shape index (κ3) is 4.14. The van der Waals surface area contributed by atoms with E-state index in [4.69, 9.17) is 9.47 Å². The topological polar surface area (TPSA) is 59.5 Å². The molecule has 4 rings (SSSR count). The van der Waals surface area contributed by atoms with Crippen LogP contribution in [0.3, 0.4) is 0 Å². The van der Waals surface area contributed by atoms with Crippen molar-refractivity contribution in [2.45, 2.75) is 24.4 Å². The van der Waals surface area contributed by atoms with Gasteiger partial charge < -0.3 is 19.7 Å². The number of ether oxygens (including phenoxy) is 2. The van der Waals surface area contributed by atoms with Crippen molar-refractivity contribution in [1.29, 1.82) is 0 Å². The molecule has 0 unspecified atom stereocenters. The Morgan fingerprint density at radius 2 is 1.74 bits per heavy atom. The fraction of sp³-hybridized carbons (Fsp3) is 0.444. The molecule has 27 heavy (non-hydrogen) atoms. The van der Waals surface area contributed by atoms with Gasteiger partial charge in [0.05, 0.1) is 24.8 Å². The maximum Gasteiger partial charge on any atom is 0.416 e. The molecule has 0 saturated carbocycles. The Labute approximate surface area is 154 Å². The molecule has 4 heterocycles.